The minimum absolute atomic E-state index is 0.0807. The second-order valence-corrected chi connectivity index (χ2v) is 7.89. The molecule has 0 aliphatic carbocycles. The summed E-state index contributed by atoms with van der Waals surface area (Å²) in [6.45, 7) is 3.51. The van der Waals surface area contributed by atoms with E-state index in [4.69, 9.17) is 16.2 Å². The van der Waals surface area contributed by atoms with E-state index in [0.717, 1.165) is 23.9 Å². The smallest absolute Gasteiger partial charge is 0.383 e. The van der Waals surface area contributed by atoms with E-state index in [1.165, 1.54) is 12.1 Å². The lowest BCUT2D eigenvalue weighted by atomic mass is 10.1. The van der Waals surface area contributed by atoms with Gasteiger partial charge in [-0.25, -0.2) is 9.97 Å². The summed E-state index contributed by atoms with van der Waals surface area (Å²) >= 11 is 1.00. The van der Waals surface area contributed by atoms with Gasteiger partial charge in [0.2, 0.25) is 5.91 Å². The number of anilines is 4. The maximum atomic E-state index is 13.2. The number of nitrogens with one attached hydrogen (secondary N) is 1. The molecule has 0 saturated carbocycles. The summed E-state index contributed by atoms with van der Waals surface area (Å²) in [6, 6.07) is 4.69. The molecule has 1 amide bonds. The van der Waals surface area contributed by atoms with E-state index in [2.05, 4.69) is 15.3 Å². The van der Waals surface area contributed by atoms with Gasteiger partial charge in [-0.2, -0.15) is 13.2 Å². The molecule has 2 aromatic rings. The molecule has 8 nitrogen and oxygen atoms in total. The lowest BCUT2D eigenvalue weighted by Crippen LogP contribution is -2.37. The summed E-state index contributed by atoms with van der Waals surface area (Å²) in [5.41, 5.74) is 11.0. The Balaban J connectivity index is 1.82. The van der Waals surface area contributed by atoms with Crippen molar-refractivity contribution in [1.29, 1.82) is 0 Å². The molecule has 1 aliphatic rings. The molecule has 0 spiro atoms. The number of alkyl halides is 3. The molecule has 1 atom stereocenters. The molecule has 12 heteroatoms. The van der Waals surface area contributed by atoms with Crippen LogP contribution in [0.1, 0.15) is 12.5 Å². The monoisotopic (exact) mass is 442 g/mol. The fourth-order valence-electron chi connectivity index (χ4n) is 2.85. The molecule has 162 valence electrons. The third-order valence-electron chi connectivity index (χ3n) is 4.33. The number of thioether (sulfide) groups is 1. The number of aromatic nitrogens is 2. The highest BCUT2D eigenvalue weighted by atomic mass is 32.2. The van der Waals surface area contributed by atoms with Crippen LogP contribution in [0.5, 0.6) is 0 Å². The van der Waals surface area contributed by atoms with Gasteiger partial charge in [0.25, 0.3) is 0 Å². The Morgan fingerprint density at radius 1 is 1.20 bits per heavy atom. The van der Waals surface area contributed by atoms with Gasteiger partial charge in [-0.3, -0.25) is 4.79 Å². The number of amides is 1. The number of nitrogen functional groups attached to an aromatic ring is 2. The Hall–Kier alpha value is -2.73. The van der Waals surface area contributed by atoms with Crippen molar-refractivity contribution in [3.05, 3.63) is 29.8 Å². The second-order valence-electron chi connectivity index (χ2n) is 6.58. The number of carbonyl (C=O) groups excluding carboxylic acids is 1. The lowest BCUT2D eigenvalue weighted by Gasteiger charge is -2.31. The zero-order chi connectivity index (χ0) is 21.9. The van der Waals surface area contributed by atoms with Crippen LogP contribution >= 0.6 is 11.8 Å². The summed E-state index contributed by atoms with van der Waals surface area (Å²) in [5, 5.41) is 2.10. The van der Waals surface area contributed by atoms with E-state index in [1.54, 1.807) is 6.92 Å². The molecule has 1 fully saturated rings. The van der Waals surface area contributed by atoms with E-state index in [-0.39, 0.29) is 22.5 Å². The Labute approximate surface area is 175 Å². The van der Waals surface area contributed by atoms with Crippen LogP contribution in [0.15, 0.2) is 29.4 Å². The van der Waals surface area contributed by atoms with Crippen LogP contribution in [0.25, 0.3) is 0 Å². The molecule has 1 saturated heterocycles. The number of hydrogen-bond acceptors (Lipinski definition) is 8. The van der Waals surface area contributed by atoms with Gasteiger partial charge in [0, 0.05) is 19.2 Å². The maximum absolute atomic E-state index is 13.2. The van der Waals surface area contributed by atoms with Crippen LogP contribution in [0.3, 0.4) is 0 Å². The van der Waals surface area contributed by atoms with Crippen molar-refractivity contribution < 1.29 is 22.7 Å². The zero-order valence-corrected chi connectivity index (χ0v) is 16.9. The summed E-state index contributed by atoms with van der Waals surface area (Å²) in [5.74, 6) is -0.186. The summed E-state index contributed by atoms with van der Waals surface area (Å²) in [7, 11) is 0. The van der Waals surface area contributed by atoms with Crippen LogP contribution < -0.4 is 21.7 Å². The Bertz CT molecular complexity index is 901. The molecule has 1 aliphatic heterocycles. The van der Waals surface area contributed by atoms with Crippen molar-refractivity contribution in [1.82, 2.24) is 9.97 Å². The standard InChI is InChI=1S/C18H21F3N6O2S/c1-10(30-17-25-14(22)9-15(23)26-17)16(28)24-12-8-11(18(19,20)21)2-3-13(12)27-4-6-29-7-5-27/h2-3,8-10H,4-7H2,1H3,(H,24,28)(H4,22,23,25,26)/t10-/m1/s1. The first-order valence-corrected chi connectivity index (χ1v) is 9.93. The average molecular weight is 442 g/mol. The van der Waals surface area contributed by atoms with Gasteiger partial charge in [-0.1, -0.05) is 11.8 Å². The van der Waals surface area contributed by atoms with Crippen molar-refractivity contribution in [3.8, 4) is 0 Å². The summed E-state index contributed by atoms with van der Waals surface area (Å²) in [4.78, 5) is 22.6. The molecule has 0 radical (unpaired) electrons. The highest BCUT2D eigenvalue weighted by molar-refractivity contribution is 8.00. The molecular weight excluding hydrogens is 421 g/mol. The molecule has 1 aromatic heterocycles. The molecule has 5 N–H and O–H groups in total. The summed E-state index contributed by atoms with van der Waals surface area (Å²) < 4.78 is 44.9. The van der Waals surface area contributed by atoms with E-state index >= 15 is 0 Å². The fourth-order valence-corrected chi connectivity index (χ4v) is 3.65. The van der Waals surface area contributed by atoms with E-state index in [0.29, 0.717) is 32.0 Å². The first-order chi connectivity index (χ1) is 14.1. The second kappa shape index (κ2) is 8.96. The number of hydrogen-bond donors (Lipinski definition) is 3. The number of morpholine rings is 1. The molecular formula is C18H21F3N6O2S. The molecule has 0 unspecified atom stereocenters. The van der Waals surface area contributed by atoms with Crippen molar-refractivity contribution in [3.63, 3.8) is 0 Å². The van der Waals surface area contributed by atoms with Crippen LogP contribution in [0, 0.1) is 0 Å². The van der Waals surface area contributed by atoms with Gasteiger partial charge in [0.05, 0.1) is 35.4 Å². The first kappa shape index (κ1) is 22.0. The average Bonchev–Trinajstić information content (AvgIpc) is 2.67. The number of nitrogens with two attached hydrogens (primary N) is 2. The number of carbonyl (C=O) groups is 1. The Morgan fingerprint density at radius 3 is 2.43 bits per heavy atom. The lowest BCUT2D eigenvalue weighted by molar-refractivity contribution is -0.137. The van der Waals surface area contributed by atoms with Crippen LogP contribution in [0.4, 0.5) is 36.2 Å². The largest absolute Gasteiger partial charge is 0.416 e. The fraction of sp³-hybridized carbons (Fsp3) is 0.389. The SMILES string of the molecule is C[C@@H](Sc1nc(N)cc(N)n1)C(=O)Nc1cc(C(F)(F)F)ccc1N1CCOCC1. The van der Waals surface area contributed by atoms with E-state index in [1.807, 2.05) is 4.90 Å². The molecule has 1 aromatic carbocycles. The van der Waals surface area contributed by atoms with Gasteiger partial charge in [-0.15, -0.1) is 0 Å². The van der Waals surface area contributed by atoms with Crippen molar-refractivity contribution in [2.75, 3.05) is 48.0 Å². The minimum Gasteiger partial charge on any atom is -0.383 e. The number of ether oxygens (including phenoxy) is 1. The van der Waals surface area contributed by atoms with Crippen LogP contribution in [0.2, 0.25) is 0 Å². The first-order valence-electron chi connectivity index (χ1n) is 9.05. The Morgan fingerprint density at radius 2 is 1.83 bits per heavy atom. The zero-order valence-electron chi connectivity index (χ0n) is 16.1. The van der Waals surface area contributed by atoms with Crippen molar-refractivity contribution in [2.24, 2.45) is 0 Å². The Kier molecular flexibility index (Phi) is 6.56. The quantitative estimate of drug-likeness (QED) is 0.478. The minimum atomic E-state index is -4.53. The third kappa shape index (κ3) is 5.45. The van der Waals surface area contributed by atoms with Gasteiger partial charge in [-0.05, 0) is 25.1 Å². The highest BCUT2D eigenvalue weighted by Crippen LogP contribution is 2.36. The van der Waals surface area contributed by atoms with E-state index in [9.17, 15) is 18.0 Å². The number of benzene rings is 1. The normalized spacial score (nSPS) is 15.7. The van der Waals surface area contributed by atoms with Gasteiger partial charge in [0.1, 0.15) is 11.6 Å². The van der Waals surface area contributed by atoms with E-state index < -0.39 is 22.9 Å². The summed E-state index contributed by atoms with van der Waals surface area (Å²) in [6.07, 6.45) is -4.53. The third-order valence-corrected chi connectivity index (χ3v) is 5.29. The molecule has 3 rings (SSSR count). The van der Waals surface area contributed by atoms with Crippen LogP contribution in [-0.2, 0) is 15.7 Å². The molecule has 0 bridgehead atoms. The molecule has 30 heavy (non-hydrogen) atoms. The predicted molar refractivity (Wildman–Crippen MR) is 109 cm³/mol. The number of rotatable bonds is 5. The topological polar surface area (TPSA) is 119 Å². The van der Waals surface area contributed by atoms with Gasteiger partial charge < -0.3 is 26.4 Å². The van der Waals surface area contributed by atoms with Crippen molar-refractivity contribution >= 4 is 40.7 Å². The number of halogens is 3. The molecule has 2 heterocycles. The maximum Gasteiger partial charge on any atom is 0.416 e. The van der Waals surface area contributed by atoms with Crippen molar-refractivity contribution in [2.45, 2.75) is 23.5 Å². The predicted octanol–water partition coefficient (Wildman–Crippen LogP) is 2.62. The van der Waals surface area contributed by atoms with Crippen LogP contribution in [-0.4, -0.2) is 47.4 Å². The number of nitrogens with zero attached hydrogens (tertiary/aromatic N) is 3. The van der Waals surface area contributed by atoms with Gasteiger partial charge >= 0.3 is 6.18 Å². The van der Waals surface area contributed by atoms with Gasteiger partial charge in [0.15, 0.2) is 5.16 Å². The highest BCUT2D eigenvalue weighted by Gasteiger charge is 2.32.